The van der Waals surface area contributed by atoms with Crippen molar-refractivity contribution in [2.75, 3.05) is 0 Å². The molecule has 4 atom stereocenters. The van der Waals surface area contributed by atoms with E-state index in [2.05, 4.69) is 46.0 Å². The highest BCUT2D eigenvalue weighted by atomic mass is 28.4. The molecular weight excluding hydrogens is 432 g/mol. The second-order valence-corrected chi connectivity index (χ2v) is 16.7. The normalized spacial score (nSPS) is 31.9. The van der Waals surface area contributed by atoms with Gasteiger partial charge in [-0.05, 0) is 73.9 Å². The van der Waals surface area contributed by atoms with E-state index in [4.69, 9.17) is 13.9 Å². The van der Waals surface area contributed by atoms with Crippen molar-refractivity contribution in [1.82, 2.24) is 0 Å². The van der Waals surface area contributed by atoms with Crippen LogP contribution in [0.25, 0.3) is 0 Å². The van der Waals surface area contributed by atoms with Gasteiger partial charge in [-0.25, -0.2) is 0 Å². The molecule has 1 unspecified atom stereocenters. The summed E-state index contributed by atoms with van der Waals surface area (Å²) in [6, 6.07) is 4.25. The number of carbonyl (C=O) groups excluding carboxylic acids is 1. The van der Waals surface area contributed by atoms with Crippen LogP contribution in [-0.2, 0) is 21.4 Å². The number of ether oxygens (including phenoxy) is 2. The summed E-state index contributed by atoms with van der Waals surface area (Å²) in [6.07, 6.45) is 6.78. The van der Waals surface area contributed by atoms with Gasteiger partial charge in [0.25, 0.3) is 8.32 Å². The molecule has 1 aliphatic heterocycles. The zero-order valence-electron chi connectivity index (χ0n) is 20.9. The molecule has 0 amide bonds. The molecule has 0 aromatic heterocycles. The molecule has 1 fully saturated rings. The molecule has 1 N–H and O–H groups in total. The molecular formula is C27H38O5Si. The fraction of sp³-hybridized carbons (Fsp3) is 0.667. The SMILES string of the molecule is CCCC(=O)OC1=CC[C@@]2(O)[C@@H]3CCCC24c2c(ccc(O[Si](C)(C)C(C)(C)C)c2O[C@@H]14)C3. The number of carbonyl (C=O) groups is 1. The maximum absolute atomic E-state index is 12.5. The van der Waals surface area contributed by atoms with E-state index in [9.17, 15) is 9.90 Å². The molecule has 1 aromatic rings. The Morgan fingerprint density at radius 3 is 2.76 bits per heavy atom. The minimum atomic E-state index is -2.10. The van der Waals surface area contributed by atoms with Crippen LogP contribution in [0.15, 0.2) is 24.0 Å². The summed E-state index contributed by atoms with van der Waals surface area (Å²) >= 11 is 0. The molecule has 2 bridgehead atoms. The maximum Gasteiger partial charge on any atom is 0.310 e. The Labute approximate surface area is 198 Å². The van der Waals surface area contributed by atoms with E-state index >= 15 is 0 Å². The van der Waals surface area contributed by atoms with Crippen molar-refractivity contribution in [2.45, 2.75) is 108 Å². The molecule has 0 saturated heterocycles. The van der Waals surface area contributed by atoms with Gasteiger partial charge in [0.2, 0.25) is 0 Å². The summed E-state index contributed by atoms with van der Waals surface area (Å²) in [5.41, 5.74) is 0.900. The molecule has 5 nitrogen and oxygen atoms in total. The largest absolute Gasteiger partial charge is 0.541 e. The van der Waals surface area contributed by atoms with E-state index < -0.39 is 25.4 Å². The Morgan fingerprint density at radius 2 is 2.06 bits per heavy atom. The molecule has 0 radical (unpaired) electrons. The number of hydrogen-bond donors (Lipinski definition) is 1. The Bertz CT molecular complexity index is 1020. The summed E-state index contributed by atoms with van der Waals surface area (Å²) in [6.45, 7) is 13.1. The molecule has 1 spiro atoms. The van der Waals surface area contributed by atoms with Crippen molar-refractivity contribution in [3.05, 3.63) is 35.1 Å². The van der Waals surface area contributed by atoms with Crippen molar-refractivity contribution in [1.29, 1.82) is 0 Å². The van der Waals surface area contributed by atoms with Crippen LogP contribution in [0.3, 0.4) is 0 Å². The van der Waals surface area contributed by atoms with Gasteiger partial charge < -0.3 is 19.0 Å². The lowest BCUT2D eigenvalue weighted by atomic mass is 9.47. The standard InChI is InChI=1S/C27H38O5Si/c1-7-9-21(28)30-20-13-15-27(29)18-10-8-14-26(27)22-17(16-18)11-12-19(23(22)31-24(20)26)32-33(5,6)25(2,3)4/h11-13,18,24,29H,7-10,14-16H2,1-6H3/t18-,24+,26?,27-/m1/s1. The summed E-state index contributed by atoms with van der Waals surface area (Å²) in [5.74, 6) is 2.06. The van der Waals surface area contributed by atoms with Gasteiger partial charge in [0.1, 0.15) is 11.5 Å². The first-order valence-electron chi connectivity index (χ1n) is 12.6. The van der Waals surface area contributed by atoms with Gasteiger partial charge in [-0.1, -0.05) is 40.2 Å². The molecule has 4 aliphatic rings. The topological polar surface area (TPSA) is 65.0 Å². The summed E-state index contributed by atoms with van der Waals surface area (Å²) in [5, 5.41) is 12.3. The van der Waals surface area contributed by atoms with Crippen LogP contribution in [0.5, 0.6) is 11.5 Å². The molecule has 1 heterocycles. The minimum Gasteiger partial charge on any atom is -0.541 e. The predicted molar refractivity (Wildman–Crippen MR) is 130 cm³/mol. The fourth-order valence-corrected chi connectivity index (χ4v) is 7.43. The zero-order valence-corrected chi connectivity index (χ0v) is 21.9. The highest BCUT2D eigenvalue weighted by molar-refractivity contribution is 6.74. The average Bonchev–Trinajstić information content (AvgIpc) is 3.05. The van der Waals surface area contributed by atoms with E-state index in [1.165, 1.54) is 5.56 Å². The van der Waals surface area contributed by atoms with Gasteiger partial charge in [-0.15, -0.1) is 0 Å². The second-order valence-electron chi connectivity index (χ2n) is 12.0. The van der Waals surface area contributed by atoms with E-state index in [-0.39, 0.29) is 16.9 Å². The first-order valence-corrected chi connectivity index (χ1v) is 15.5. The summed E-state index contributed by atoms with van der Waals surface area (Å²) < 4.78 is 19.3. The zero-order chi connectivity index (χ0) is 23.8. The number of benzene rings is 1. The Morgan fingerprint density at radius 1 is 1.30 bits per heavy atom. The third-order valence-corrected chi connectivity index (χ3v) is 13.4. The van der Waals surface area contributed by atoms with Gasteiger partial charge in [-0.2, -0.15) is 0 Å². The number of esters is 1. The third kappa shape index (κ3) is 3.09. The smallest absolute Gasteiger partial charge is 0.310 e. The van der Waals surface area contributed by atoms with Crippen molar-refractivity contribution in [2.24, 2.45) is 5.92 Å². The van der Waals surface area contributed by atoms with E-state index in [0.717, 1.165) is 49.2 Å². The van der Waals surface area contributed by atoms with Crippen LogP contribution < -0.4 is 9.16 Å². The third-order valence-electron chi connectivity index (χ3n) is 9.11. The lowest BCUT2D eigenvalue weighted by molar-refractivity contribution is -0.160. The Kier molecular flexibility index (Phi) is 5.12. The molecule has 180 valence electrons. The van der Waals surface area contributed by atoms with Crippen LogP contribution in [0.1, 0.15) is 77.3 Å². The summed E-state index contributed by atoms with van der Waals surface area (Å²) in [4.78, 5) is 12.5. The average molecular weight is 471 g/mol. The second kappa shape index (κ2) is 7.35. The van der Waals surface area contributed by atoms with E-state index in [1.807, 2.05) is 13.0 Å². The lowest BCUT2D eigenvalue weighted by Crippen LogP contribution is -2.67. The maximum atomic E-state index is 12.5. The fourth-order valence-electron chi connectivity index (χ4n) is 6.42. The lowest BCUT2D eigenvalue weighted by Gasteiger charge is -2.59. The highest BCUT2D eigenvalue weighted by Gasteiger charge is 2.71. The van der Waals surface area contributed by atoms with Gasteiger partial charge in [0.15, 0.2) is 11.9 Å². The van der Waals surface area contributed by atoms with E-state index in [0.29, 0.717) is 18.6 Å². The van der Waals surface area contributed by atoms with Crippen LogP contribution in [0, 0.1) is 5.92 Å². The van der Waals surface area contributed by atoms with Gasteiger partial charge in [0, 0.05) is 12.0 Å². The first-order chi connectivity index (χ1) is 15.4. The van der Waals surface area contributed by atoms with E-state index in [1.54, 1.807) is 0 Å². The minimum absolute atomic E-state index is 0.0523. The molecule has 6 heteroatoms. The monoisotopic (exact) mass is 470 g/mol. The quantitative estimate of drug-likeness (QED) is 0.436. The van der Waals surface area contributed by atoms with Crippen molar-refractivity contribution < 1.29 is 23.8 Å². The van der Waals surface area contributed by atoms with Crippen LogP contribution >= 0.6 is 0 Å². The molecule has 1 saturated carbocycles. The van der Waals surface area contributed by atoms with Crippen molar-refractivity contribution in [3.63, 3.8) is 0 Å². The van der Waals surface area contributed by atoms with Crippen LogP contribution in [-0.4, -0.2) is 31.1 Å². The van der Waals surface area contributed by atoms with Crippen molar-refractivity contribution in [3.8, 4) is 11.5 Å². The predicted octanol–water partition coefficient (Wildman–Crippen LogP) is 5.79. The first kappa shape index (κ1) is 23.0. The van der Waals surface area contributed by atoms with Crippen LogP contribution in [0.2, 0.25) is 18.1 Å². The highest BCUT2D eigenvalue weighted by Crippen LogP contribution is 2.67. The molecule has 1 aromatic carbocycles. The molecule has 3 aliphatic carbocycles. The van der Waals surface area contributed by atoms with Gasteiger partial charge in [-0.3, -0.25) is 4.79 Å². The number of hydrogen-bond acceptors (Lipinski definition) is 5. The molecule has 5 rings (SSSR count). The van der Waals surface area contributed by atoms with Gasteiger partial charge >= 0.3 is 5.97 Å². The Balaban J connectivity index is 1.64. The van der Waals surface area contributed by atoms with Crippen molar-refractivity contribution >= 4 is 14.3 Å². The summed E-state index contributed by atoms with van der Waals surface area (Å²) in [7, 11) is -2.10. The Hall–Kier alpha value is -1.79. The molecule has 33 heavy (non-hydrogen) atoms. The van der Waals surface area contributed by atoms with Gasteiger partial charge in [0.05, 0.1) is 11.0 Å². The number of rotatable bonds is 5. The number of aliphatic hydroxyl groups is 1. The van der Waals surface area contributed by atoms with Crippen LogP contribution in [0.4, 0.5) is 0 Å².